The van der Waals surface area contributed by atoms with Crippen molar-refractivity contribution in [1.29, 1.82) is 0 Å². The van der Waals surface area contributed by atoms with Crippen molar-refractivity contribution in [3.63, 3.8) is 0 Å². The fourth-order valence-corrected chi connectivity index (χ4v) is 0. The molecule has 5 heavy (non-hydrogen) atoms. The van der Waals surface area contributed by atoms with Crippen LogP contribution in [0.25, 0.3) is 0 Å². The Labute approximate surface area is 59.8 Å². The molecular weight excluding hydrogens is 98.9 g/mol. The fraction of sp³-hybridized carbons (Fsp3) is 0. The summed E-state index contributed by atoms with van der Waals surface area (Å²) in [4.78, 5) is 0. The van der Waals surface area contributed by atoms with E-state index in [1.807, 2.05) is 0 Å². The van der Waals surface area contributed by atoms with Crippen LogP contribution in [-0.4, -0.2) is 50.1 Å². The minimum atomic E-state index is -2.67. The molecule has 0 amide bonds. The SMILES string of the molecule is [Ca+2].[O-]B([O-])O. The van der Waals surface area contributed by atoms with Gasteiger partial charge in [0.25, 0.3) is 0 Å². The van der Waals surface area contributed by atoms with Crippen LogP contribution in [0, 0.1) is 0 Å². The van der Waals surface area contributed by atoms with Gasteiger partial charge in [-0.3, -0.25) is 0 Å². The largest absolute Gasteiger partial charge is 2.00 e. The molecule has 0 aliphatic rings. The molecule has 5 heteroatoms. The van der Waals surface area contributed by atoms with Crippen LogP contribution in [0.15, 0.2) is 0 Å². The van der Waals surface area contributed by atoms with Gasteiger partial charge in [-0.2, -0.15) is 0 Å². The van der Waals surface area contributed by atoms with Crippen molar-refractivity contribution >= 4 is 45.1 Å². The van der Waals surface area contributed by atoms with Crippen LogP contribution in [0.2, 0.25) is 0 Å². The smallest absolute Gasteiger partial charge is 0.871 e. The van der Waals surface area contributed by atoms with E-state index in [4.69, 9.17) is 15.1 Å². The zero-order valence-corrected chi connectivity index (χ0v) is 4.76. The van der Waals surface area contributed by atoms with Gasteiger partial charge in [-0.15, -0.1) is 0 Å². The zero-order valence-electron chi connectivity index (χ0n) is 2.55. The van der Waals surface area contributed by atoms with Crippen LogP contribution < -0.4 is 10.0 Å². The molecule has 0 rings (SSSR count). The van der Waals surface area contributed by atoms with E-state index in [2.05, 4.69) is 0 Å². The predicted octanol–water partition coefficient (Wildman–Crippen LogP) is -3.70. The normalized spacial score (nSPS) is 5.40. The monoisotopic (exact) mass is 100.0 g/mol. The average Bonchev–Trinajstić information content (AvgIpc) is 0.811. The summed E-state index contributed by atoms with van der Waals surface area (Å²) in [6.45, 7) is 0. The first-order chi connectivity index (χ1) is 1.73. The molecule has 0 aromatic heterocycles. The molecule has 3 nitrogen and oxygen atoms in total. The third-order valence-electron chi connectivity index (χ3n) is 0. The van der Waals surface area contributed by atoms with E-state index in [0.717, 1.165) is 0 Å². The second-order valence-electron chi connectivity index (χ2n) is 0.307. The van der Waals surface area contributed by atoms with Crippen molar-refractivity contribution in [2.24, 2.45) is 0 Å². The summed E-state index contributed by atoms with van der Waals surface area (Å²) < 4.78 is 0. The molecule has 0 aromatic rings. The van der Waals surface area contributed by atoms with E-state index < -0.39 is 7.32 Å². The third kappa shape index (κ3) is 36.8. The van der Waals surface area contributed by atoms with E-state index in [1.54, 1.807) is 0 Å². The topological polar surface area (TPSA) is 66.3 Å². The molecule has 0 heterocycles. The van der Waals surface area contributed by atoms with Crippen molar-refractivity contribution in [3.8, 4) is 0 Å². The zero-order chi connectivity index (χ0) is 3.58. The molecule has 0 aliphatic carbocycles. The van der Waals surface area contributed by atoms with Gasteiger partial charge in [0.2, 0.25) is 0 Å². The molecule has 0 fully saturated rings. The van der Waals surface area contributed by atoms with Crippen LogP contribution in [0.3, 0.4) is 0 Å². The number of hydrogen-bond acceptors (Lipinski definition) is 3. The van der Waals surface area contributed by atoms with Gasteiger partial charge in [-0.25, -0.2) is 0 Å². The minimum Gasteiger partial charge on any atom is -0.871 e. The van der Waals surface area contributed by atoms with E-state index >= 15 is 0 Å². The molecule has 0 aliphatic heterocycles. The Kier molecular flexibility index (Phi) is 9.90. The third-order valence-corrected chi connectivity index (χ3v) is 0. The molecule has 0 bridgehead atoms. The Morgan fingerprint density at radius 2 is 1.40 bits per heavy atom. The van der Waals surface area contributed by atoms with Crippen molar-refractivity contribution in [2.45, 2.75) is 0 Å². The summed E-state index contributed by atoms with van der Waals surface area (Å²) in [5.74, 6) is 0. The molecule has 0 atom stereocenters. The Hall–Kier alpha value is 1.20. The van der Waals surface area contributed by atoms with E-state index in [-0.39, 0.29) is 37.7 Å². The minimum absolute atomic E-state index is 0. The Morgan fingerprint density at radius 3 is 1.40 bits per heavy atom. The van der Waals surface area contributed by atoms with Crippen LogP contribution in [-0.2, 0) is 0 Å². The van der Waals surface area contributed by atoms with Gasteiger partial charge in [0.1, 0.15) is 0 Å². The molecule has 0 aromatic carbocycles. The second kappa shape index (κ2) is 5.20. The van der Waals surface area contributed by atoms with Crippen LogP contribution >= 0.6 is 0 Å². The summed E-state index contributed by atoms with van der Waals surface area (Å²) in [6.07, 6.45) is 0. The summed E-state index contributed by atoms with van der Waals surface area (Å²) in [6, 6.07) is 0. The molecule has 0 unspecified atom stereocenters. The Morgan fingerprint density at radius 1 is 1.40 bits per heavy atom. The van der Waals surface area contributed by atoms with Crippen LogP contribution in [0.5, 0.6) is 0 Å². The van der Waals surface area contributed by atoms with E-state index in [9.17, 15) is 0 Å². The standard InChI is InChI=1S/BHO3.Ca/c2-1(3)4;/h2H;/q-2;+2. The fourth-order valence-electron chi connectivity index (χ4n) is 0. The molecular formula is HBCaO3. The van der Waals surface area contributed by atoms with E-state index in [1.165, 1.54) is 0 Å². The van der Waals surface area contributed by atoms with Crippen LogP contribution in [0.1, 0.15) is 0 Å². The first kappa shape index (κ1) is 9.51. The first-order valence-electron chi connectivity index (χ1n) is 0.730. The molecule has 0 spiro atoms. The van der Waals surface area contributed by atoms with Gasteiger partial charge >= 0.3 is 37.7 Å². The summed E-state index contributed by atoms with van der Waals surface area (Å²) in [7, 11) is -2.67. The molecule has 0 saturated heterocycles. The van der Waals surface area contributed by atoms with Crippen molar-refractivity contribution < 1.29 is 15.1 Å². The molecule has 0 saturated carbocycles. The number of rotatable bonds is 0. The second-order valence-corrected chi connectivity index (χ2v) is 0.307. The number of hydrogen-bond donors (Lipinski definition) is 1. The molecule has 24 valence electrons. The van der Waals surface area contributed by atoms with Crippen molar-refractivity contribution in [2.75, 3.05) is 0 Å². The van der Waals surface area contributed by atoms with E-state index in [0.29, 0.717) is 0 Å². The Bertz CT molecular complexity index is 11.6. The van der Waals surface area contributed by atoms with Gasteiger partial charge in [0.15, 0.2) is 0 Å². The van der Waals surface area contributed by atoms with Crippen molar-refractivity contribution in [3.05, 3.63) is 0 Å². The maximum Gasteiger partial charge on any atom is 2.00 e. The summed E-state index contributed by atoms with van der Waals surface area (Å²) >= 11 is 0. The summed E-state index contributed by atoms with van der Waals surface area (Å²) in [5, 5.41) is 24.0. The quantitative estimate of drug-likeness (QED) is 0.318. The molecule has 0 radical (unpaired) electrons. The average molecular weight is 99.9 g/mol. The Balaban J connectivity index is 0. The van der Waals surface area contributed by atoms with Crippen molar-refractivity contribution in [1.82, 2.24) is 0 Å². The van der Waals surface area contributed by atoms with Crippen LogP contribution in [0.4, 0.5) is 0 Å². The summed E-state index contributed by atoms with van der Waals surface area (Å²) in [5.41, 5.74) is 0. The maximum atomic E-state index is 8.53. The van der Waals surface area contributed by atoms with Gasteiger partial charge in [-0.1, -0.05) is 0 Å². The van der Waals surface area contributed by atoms with Gasteiger partial charge in [0.05, 0.1) is 7.32 Å². The first-order valence-corrected chi connectivity index (χ1v) is 0.730. The maximum absolute atomic E-state index is 8.53. The van der Waals surface area contributed by atoms with Gasteiger partial charge < -0.3 is 15.1 Å². The molecule has 1 N–H and O–H groups in total. The van der Waals surface area contributed by atoms with Gasteiger partial charge in [0, 0.05) is 0 Å². The predicted molar refractivity (Wildman–Crippen MR) is 13.7 cm³/mol. The van der Waals surface area contributed by atoms with Gasteiger partial charge in [-0.05, 0) is 0 Å².